The van der Waals surface area contributed by atoms with E-state index < -0.39 is 0 Å². The maximum Gasteiger partial charge on any atom is 0.136 e. The molecule has 35 heavy (non-hydrogen) atoms. The maximum atomic E-state index is 6.20. The van der Waals surface area contributed by atoms with Crippen LogP contribution in [0.3, 0.4) is 0 Å². The average molecular weight is 466 g/mol. The molecule has 0 radical (unpaired) electrons. The SMILES string of the molecule is c1ccc(-n2c3ccccc3c3sc4c(-c5cccc6oc7ccccc7c56)cccc4c32)cc1. The number of aromatic nitrogens is 1. The molecule has 0 N–H and O–H groups in total. The van der Waals surface area contributed by atoms with E-state index in [0.29, 0.717) is 0 Å². The van der Waals surface area contributed by atoms with E-state index in [-0.39, 0.29) is 0 Å². The van der Waals surface area contributed by atoms with Gasteiger partial charge in [0.15, 0.2) is 0 Å². The Hall–Kier alpha value is -4.34. The fourth-order valence-electron chi connectivity index (χ4n) is 5.55. The highest BCUT2D eigenvalue weighted by molar-refractivity contribution is 7.27. The lowest BCUT2D eigenvalue weighted by atomic mass is 9.98. The molecule has 164 valence electrons. The second-order valence-corrected chi connectivity index (χ2v) is 9.95. The van der Waals surface area contributed by atoms with Crippen molar-refractivity contribution in [2.45, 2.75) is 0 Å². The summed E-state index contributed by atoms with van der Waals surface area (Å²) in [4.78, 5) is 0. The molecule has 0 saturated heterocycles. The number of hydrogen-bond acceptors (Lipinski definition) is 2. The molecule has 0 atom stereocenters. The van der Waals surface area contributed by atoms with Gasteiger partial charge in [0, 0.05) is 37.5 Å². The van der Waals surface area contributed by atoms with Gasteiger partial charge in [0.05, 0.1) is 15.7 Å². The molecule has 5 aromatic carbocycles. The summed E-state index contributed by atoms with van der Waals surface area (Å²) in [5.41, 5.74) is 8.05. The quantitative estimate of drug-likeness (QED) is 0.248. The molecule has 0 fully saturated rings. The van der Waals surface area contributed by atoms with Crippen LogP contribution < -0.4 is 0 Å². The Morgan fingerprint density at radius 3 is 2.11 bits per heavy atom. The standard InChI is InChI=1S/C32H19NOS/c1-2-10-20(11-3-1)33-26-17-6-4-12-23(26)32-30(33)25-16-8-15-22(31(25)35-32)21-14-9-19-28-29(21)24-13-5-7-18-27(24)34-28/h1-19H. The summed E-state index contributed by atoms with van der Waals surface area (Å²) < 4.78 is 11.3. The van der Waals surface area contributed by atoms with Crippen LogP contribution in [0.1, 0.15) is 0 Å². The van der Waals surface area contributed by atoms with Gasteiger partial charge in [0.25, 0.3) is 0 Å². The number of thiophene rings is 1. The summed E-state index contributed by atoms with van der Waals surface area (Å²) in [6, 6.07) is 40.9. The summed E-state index contributed by atoms with van der Waals surface area (Å²) >= 11 is 1.89. The van der Waals surface area contributed by atoms with Crippen LogP contribution in [0.4, 0.5) is 0 Å². The van der Waals surface area contributed by atoms with Crippen LogP contribution >= 0.6 is 11.3 Å². The largest absolute Gasteiger partial charge is 0.456 e. The Kier molecular flexibility index (Phi) is 3.85. The first-order valence-electron chi connectivity index (χ1n) is 11.8. The van der Waals surface area contributed by atoms with Crippen molar-refractivity contribution in [2.24, 2.45) is 0 Å². The van der Waals surface area contributed by atoms with Crippen molar-refractivity contribution in [2.75, 3.05) is 0 Å². The Labute approximate surface area is 205 Å². The molecule has 3 heterocycles. The minimum Gasteiger partial charge on any atom is -0.456 e. The van der Waals surface area contributed by atoms with Crippen LogP contribution in [-0.2, 0) is 0 Å². The number of fused-ring (bicyclic) bond motifs is 8. The zero-order valence-corrected chi connectivity index (χ0v) is 19.5. The van der Waals surface area contributed by atoms with Gasteiger partial charge < -0.3 is 8.98 Å². The molecule has 0 amide bonds. The van der Waals surface area contributed by atoms with Crippen LogP contribution in [0.2, 0.25) is 0 Å². The number of nitrogens with zero attached hydrogens (tertiary/aromatic N) is 1. The van der Waals surface area contributed by atoms with Crippen LogP contribution in [0.25, 0.3) is 70.0 Å². The van der Waals surface area contributed by atoms with Gasteiger partial charge in [-0.25, -0.2) is 0 Å². The molecule has 0 aliphatic heterocycles. The van der Waals surface area contributed by atoms with Gasteiger partial charge in [0.2, 0.25) is 0 Å². The third kappa shape index (κ3) is 2.59. The molecular weight excluding hydrogens is 446 g/mol. The first kappa shape index (κ1) is 19.0. The summed E-state index contributed by atoms with van der Waals surface area (Å²) in [7, 11) is 0. The second-order valence-electron chi connectivity index (χ2n) is 8.93. The van der Waals surface area contributed by atoms with Gasteiger partial charge in [-0.15, -0.1) is 11.3 Å². The molecule has 8 aromatic rings. The van der Waals surface area contributed by atoms with E-state index in [1.54, 1.807) is 0 Å². The van der Waals surface area contributed by atoms with Crippen LogP contribution in [0, 0.1) is 0 Å². The molecule has 0 spiro atoms. The molecule has 0 saturated carbocycles. The van der Waals surface area contributed by atoms with Crippen LogP contribution in [-0.4, -0.2) is 4.57 Å². The number of hydrogen-bond donors (Lipinski definition) is 0. The number of furan rings is 1. The lowest BCUT2D eigenvalue weighted by molar-refractivity contribution is 0.669. The van der Waals surface area contributed by atoms with E-state index in [1.807, 2.05) is 23.5 Å². The van der Waals surface area contributed by atoms with E-state index in [2.05, 4.69) is 108 Å². The second kappa shape index (κ2) is 7.08. The van der Waals surface area contributed by atoms with Crippen molar-refractivity contribution >= 4 is 64.5 Å². The maximum absolute atomic E-state index is 6.20. The minimum absolute atomic E-state index is 0.931. The lowest BCUT2D eigenvalue weighted by Crippen LogP contribution is -1.92. The number of benzene rings is 5. The Morgan fingerprint density at radius 1 is 0.514 bits per heavy atom. The predicted octanol–water partition coefficient (Wildman–Crippen LogP) is 9.56. The highest BCUT2D eigenvalue weighted by Crippen LogP contribution is 2.47. The summed E-state index contributed by atoms with van der Waals surface area (Å²) in [5.74, 6) is 0. The van der Waals surface area contributed by atoms with E-state index in [4.69, 9.17) is 4.42 Å². The monoisotopic (exact) mass is 465 g/mol. The molecule has 3 aromatic heterocycles. The van der Waals surface area contributed by atoms with Crippen molar-refractivity contribution in [1.82, 2.24) is 4.57 Å². The first-order chi connectivity index (χ1) is 17.4. The molecule has 0 unspecified atom stereocenters. The van der Waals surface area contributed by atoms with Gasteiger partial charge in [-0.3, -0.25) is 0 Å². The van der Waals surface area contributed by atoms with Crippen molar-refractivity contribution in [3.63, 3.8) is 0 Å². The van der Waals surface area contributed by atoms with Gasteiger partial charge in [-0.2, -0.15) is 0 Å². The van der Waals surface area contributed by atoms with E-state index in [0.717, 1.165) is 16.6 Å². The van der Waals surface area contributed by atoms with Crippen molar-refractivity contribution in [3.05, 3.63) is 115 Å². The van der Waals surface area contributed by atoms with Crippen molar-refractivity contribution in [1.29, 1.82) is 0 Å². The molecule has 3 heteroatoms. The topological polar surface area (TPSA) is 18.1 Å². The Bertz CT molecular complexity index is 2060. The third-order valence-electron chi connectivity index (χ3n) is 7.01. The highest BCUT2D eigenvalue weighted by Gasteiger charge is 2.20. The minimum atomic E-state index is 0.931. The van der Waals surface area contributed by atoms with Crippen LogP contribution in [0.15, 0.2) is 120 Å². The summed E-state index contributed by atoms with van der Waals surface area (Å²) in [5, 5.41) is 4.93. The van der Waals surface area contributed by atoms with Gasteiger partial charge >= 0.3 is 0 Å². The number of para-hydroxylation sites is 3. The lowest BCUT2D eigenvalue weighted by Gasteiger charge is -2.09. The molecule has 0 aliphatic carbocycles. The normalized spacial score (nSPS) is 12.0. The highest BCUT2D eigenvalue weighted by atomic mass is 32.1. The van der Waals surface area contributed by atoms with Crippen LogP contribution in [0.5, 0.6) is 0 Å². The van der Waals surface area contributed by atoms with Gasteiger partial charge in [0.1, 0.15) is 11.2 Å². The fourth-order valence-corrected chi connectivity index (χ4v) is 6.90. The van der Waals surface area contributed by atoms with Gasteiger partial charge in [-0.1, -0.05) is 84.9 Å². The first-order valence-corrected chi connectivity index (χ1v) is 12.6. The van der Waals surface area contributed by atoms with E-state index >= 15 is 0 Å². The molecule has 0 aliphatic rings. The zero-order chi connectivity index (χ0) is 22.9. The molecular formula is C32H19NOS. The average Bonchev–Trinajstić information content (AvgIpc) is 3.58. The smallest absolute Gasteiger partial charge is 0.136 e. The van der Waals surface area contributed by atoms with Crippen molar-refractivity contribution in [3.8, 4) is 16.8 Å². The summed E-state index contributed by atoms with van der Waals surface area (Å²) in [6.45, 7) is 0. The third-order valence-corrected chi connectivity index (χ3v) is 8.27. The molecule has 2 nitrogen and oxygen atoms in total. The predicted molar refractivity (Wildman–Crippen MR) is 149 cm³/mol. The van der Waals surface area contributed by atoms with E-state index in [9.17, 15) is 0 Å². The van der Waals surface area contributed by atoms with E-state index in [1.165, 1.54) is 53.4 Å². The molecule has 8 rings (SSSR count). The Balaban J connectivity index is 1.53. The van der Waals surface area contributed by atoms with Gasteiger partial charge in [-0.05, 0) is 35.9 Å². The van der Waals surface area contributed by atoms with Crippen molar-refractivity contribution < 1.29 is 4.42 Å². The summed E-state index contributed by atoms with van der Waals surface area (Å²) in [6.07, 6.45) is 0. The zero-order valence-electron chi connectivity index (χ0n) is 18.7. The molecule has 0 bridgehead atoms. The number of rotatable bonds is 2. The fraction of sp³-hybridized carbons (Fsp3) is 0. The Morgan fingerprint density at radius 2 is 1.20 bits per heavy atom.